The Labute approximate surface area is 395 Å². The van der Waals surface area contributed by atoms with Crippen molar-refractivity contribution < 1.29 is 84.3 Å². The molecule has 3 saturated heterocycles. The van der Waals surface area contributed by atoms with Gasteiger partial charge in [-0.2, -0.15) is 0 Å². The summed E-state index contributed by atoms with van der Waals surface area (Å²) in [6.45, 7) is 0.0378. The van der Waals surface area contributed by atoms with Gasteiger partial charge < -0.3 is 90.5 Å². The first-order chi connectivity index (χ1) is 32.3. The van der Waals surface area contributed by atoms with Gasteiger partial charge in [-0.25, -0.2) is 0 Å². The first-order valence-corrected chi connectivity index (χ1v) is 25.5. The lowest BCUT2D eigenvalue weighted by Crippen LogP contribution is -2.66. The smallest absolute Gasteiger partial charge is 0.220 e. The molecule has 4 saturated carbocycles. The van der Waals surface area contributed by atoms with Crippen molar-refractivity contribution in [2.75, 3.05) is 26.4 Å². The van der Waals surface area contributed by atoms with E-state index in [1.165, 1.54) is 57.8 Å². The van der Waals surface area contributed by atoms with Crippen LogP contribution >= 0.6 is 0 Å². The van der Waals surface area contributed by atoms with Gasteiger partial charge in [-0.05, 0) is 74.5 Å². The Morgan fingerprint density at radius 2 is 1.12 bits per heavy atom. The van der Waals surface area contributed by atoms with E-state index in [1.54, 1.807) is 6.08 Å². The summed E-state index contributed by atoms with van der Waals surface area (Å²) in [4.78, 5) is 13.7. The number of carbonyl (C=O) groups is 1. The summed E-state index contributed by atoms with van der Waals surface area (Å²) < 4.78 is 34.5. The summed E-state index contributed by atoms with van der Waals surface area (Å²) >= 11 is 0. The molecular weight excluding hydrogens is 877 g/mol. The van der Waals surface area contributed by atoms with Gasteiger partial charge in [-0.1, -0.05) is 83.3 Å². The minimum atomic E-state index is -1.94. The van der Waals surface area contributed by atoms with Gasteiger partial charge in [-0.3, -0.25) is 4.79 Å². The van der Waals surface area contributed by atoms with E-state index in [2.05, 4.69) is 12.2 Å². The molecule has 0 unspecified atom stereocenters. The normalized spacial score (nSPS) is 41.7. The lowest BCUT2D eigenvalue weighted by molar-refractivity contribution is -0.378. The fourth-order valence-corrected chi connectivity index (χ4v) is 11.8. The summed E-state index contributed by atoms with van der Waals surface area (Å²) in [5.41, 5.74) is 5.61. The number of amides is 1. The van der Waals surface area contributed by atoms with Crippen molar-refractivity contribution in [1.29, 1.82) is 0 Å². The molecule has 4 bridgehead atoms. The van der Waals surface area contributed by atoms with Crippen molar-refractivity contribution in [3.63, 3.8) is 0 Å². The van der Waals surface area contributed by atoms with Crippen LogP contribution in [0, 0.1) is 29.6 Å². The van der Waals surface area contributed by atoms with Crippen molar-refractivity contribution in [2.45, 2.75) is 227 Å². The van der Waals surface area contributed by atoms with Gasteiger partial charge in [0.25, 0.3) is 0 Å². The van der Waals surface area contributed by atoms with Crippen LogP contribution in [0.25, 0.3) is 0 Å². The molecule has 7 aliphatic rings. The van der Waals surface area contributed by atoms with Gasteiger partial charge in [0.2, 0.25) is 5.91 Å². The fraction of sp³-hybridized carbons (Fsp3) is 0.938. The first-order valence-electron chi connectivity index (χ1n) is 25.5. The van der Waals surface area contributed by atoms with Crippen LogP contribution in [-0.4, -0.2) is 188 Å². The van der Waals surface area contributed by atoms with Crippen LogP contribution in [0.3, 0.4) is 0 Å². The highest BCUT2D eigenvalue weighted by Crippen LogP contribution is 2.57. The van der Waals surface area contributed by atoms with Gasteiger partial charge in [0.15, 0.2) is 18.9 Å². The maximum Gasteiger partial charge on any atom is 0.220 e. The topological polar surface area (TPSA) is 313 Å². The van der Waals surface area contributed by atoms with Crippen LogP contribution in [0.5, 0.6) is 0 Å². The maximum atomic E-state index is 13.7. The summed E-state index contributed by atoms with van der Waals surface area (Å²) in [5, 5.41) is 111. The van der Waals surface area contributed by atoms with Crippen LogP contribution in [0.2, 0.25) is 0 Å². The number of nitrogens with one attached hydrogen (secondary N) is 1. The van der Waals surface area contributed by atoms with Crippen LogP contribution < -0.4 is 11.1 Å². The van der Waals surface area contributed by atoms with Gasteiger partial charge in [0.05, 0.1) is 32.0 Å². The number of aliphatic hydroxyl groups excluding tert-OH is 10. The molecule has 0 aromatic heterocycles. The highest BCUT2D eigenvalue weighted by atomic mass is 16.8. The number of carbonyl (C=O) groups excluding carboxylic acids is 1. The minimum absolute atomic E-state index is 0.198. The standard InChI is InChI=1S/C48H84N2O17/c1-2-3-4-5-6-7-8-9-10-11-12-13-14-15-32(53)31(50-36(54)21-30-28-17-26-16-27(19-28)20-29(30)18-26)25-62-46-42(60)39(57)44(34(23-51)64-46)67-48-43(61)40(58)45(35(24-52)65-48)66-47-41(59)38(56)37(55)33(22-49)63-47/h14-15,26-35,37-48,51-53,55-61H,2-13,16-25,49H2,1H3,(H,50,54)/b15-14+/t26?,27?,28?,29?,30?,31-,32+,33+,34+,35+,37-,38-,39+,40+,41+,42+,43+,44+,45-,46+,47+,48-/m0/s1. The Hall–Kier alpha value is -1.47. The molecule has 0 spiro atoms. The summed E-state index contributed by atoms with van der Waals surface area (Å²) in [6.07, 6.45) is -1.87. The van der Waals surface area contributed by atoms with E-state index in [-0.39, 0.29) is 25.0 Å². The minimum Gasteiger partial charge on any atom is -0.394 e. The fourth-order valence-electron chi connectivity index (χ4n) is 11.8. The van der Waals surface area contributed by atoms with Gasteiger partial charge in [0.1, 0.15) is 73.2 Å². The quantitative estimate of drug-likeness (QED) is 0.0380. The molecule has 0 aromatic carbocycles. The number of allylic oxidation sites excluding steroid dienone is 1. The van der Waals surface area contributed by atoms with Crippen molar-refractivity contribution in [3.8, 4) is 0 Å². The van der Waals surface area contributed by atoms with Gasteiger partial charge in [-0.15, -0.1) is 0 Å². The molecule has 13 N–H and O–H groups in total. The molecule has 4 aliphatic carbocycles. The predicted octanol–water partition coefficient (Wildman–Crippen LogP) is -0.0169. The second kappa shape index (κ2) is 26.8. The van der Waals surface area contributed by atoms with Crippen molar-refractivity contribution in [1.82, 2.24) is 5.32 Å². The molecule has 3 heterocycles. The van der Waals surface area contributed by atoms with Crippen molar-refractivity contribution in [2.24, 2.45) is 35.3 Å². The Balaban J connectivity index is 1.02. The Kier molecular flexibility index (Phi) is 22.0. The lowest BCUT2D eigenvalue weighted by Gasteiger charge is -2.54. The number of ether oxygens (including phenoxy) is 6. The van der Waals surface area contributed by atoms with Gasteiger partial charge in [0, 0.05) is 13.0 Å². The zero-order valence-electron chi connectivity index (χ0n) is 39.3. The molecule has 19 nitrogen and oxygen atoms in total. The Bertz CT molecular complexity index is 1450. The molecule has 17 atom stereocenters. The Morgan fingerprint density at radius 1 is 0.642 bits per heavy atom. The molecule has 7 rings (SSSR count). The summed E-state index contributed by atoms with van der Waals surface area (Å²) in [7, 11) is 0. The molecule has 388 valence electrons. The first kappa shape index (κ1) is 54.9. The molecule has 19 heteroatoms. The number of nitrogens with two attached hydrogens (primary N) is 1. The number of rotatable bonds is 27. The van der Waals surface area contributed by atoms with E-state index in [1.807, 2.05) is 6.08 Å². The third-order valence-corrected chi connectivity index (χ3v) is 15.5. The molecular formula is C48H84N2O17. The van der Waals surface area contributed by atoms with E-state index in [0.29, 0.717) is 18.3 Å². The van der Waals surface area contributed by atoms with Crippen molar-refractivity contribution in [3.05, 3.63) is 12.2 Å². The van der Waals surface area contributed by atoms with Crippen LogP contribution in [-0.2, 0) is 33.2 Å². The Morgan fingerprint density at radius 3 is 1.64 bits per heavy atom. The van der Waals surface area contributed by atoms with Gasteiger partial charge >= 0.3 is 0 Å². The third kappa shape index (κ3) is 14.4. The number of unbranched alkanes of at least 4 members (excludes halogenated alkanes) is 11. The average Bonchev–Trinajstić information content (AvgIpc) is 3.31. The molecule has 3 aliphatic heterocycles. The van der Waals surface area contributed by atoms with Crippen LogP contribution in [0.4, 0.5) is 0 Å². The second-order valence-electron chi connectivity index (χ2n) is 20.4. The largest absolute Gasteiger partial charge is 0.394 e. The van der Waals surface area contributed by atoms with E-state index >= 15 is 0 Å². The highest BCUT2D eigenvalue weighted by molar-refractivity contribution is 5.76. The predicted molar refractivity (Wildman–Crippen MR) is 240 cm³/mol. The zero-order valence-corrected chi connectivity index (χ0v) is 39.3. The van der Waals surface area contributed by atoms with Crippen LogP contribution in [0.1, 0.15) is 122 Å². The van der Waals surface area contributed by atoms with Crippen LogP contribution in [0.15, 0.2) is 12.2 Å². The van der Waals surface area contributed by atoms with E-state index in [0.717, 1.165) is 63.2 Å². The number of hydrogen-bond acceptors (Lipinski definition) is 18. The van der Waals surface area contributed by atoms with E-state index in [9.17, 15) is 55.9 Å². The SMILES string of the molecule is CCCCCCCCCCCCC/C=C/[C@@H](O)[C@H](CO[C@@H]1O[C@H](CO)[C@@H](O[C@@H]2O[C@H](CO)[C@H](O[C@H]3O[C@H](CN)[C@H](O)[C@H](O)[C@H]3O)[C@H](O)[C@H]2O)[C@H](O)[C@H]1O)NC(=O)CC1C2CC3CC(C2)CC1C3. The highest BCUT2D eigenvalue weighted by Gasteiger charge is 2.54. The molecule has 0 radical (unpaired) electrons. The second-order valence-corrected chi connectivity index (χ2v) is 20.4. The van der Waals surface area contributed by atoms with E-state index in [4.69, 9.17) is 34.2 Å². The maximum absolute atomic E-state index is 13.7. The number of hydrogen-bond donors (Lipinski definition) is 12. The zero-order chi connectivity index (χ0) is 48.2. The molecule has 67 heavy (non-hydrogen) atoms. The number of aliphatic hydroxyl groups is 10. The third-order valence-electron chi connectivity index (χ3n) is 15.5. The monoisotopic (exact) mass is 961 g/mol. The average molecular weight is 961 g/mol. The van der Waals surface area contributed by atoms with Crippen molar-refractivity contribution >= 4 is 5.91 Å². The lowest BCUT2D eigenvalue weighted by atomic mass is 9.51. The summed E-state index contributed by atoms with van der Waals surface area (Å²) in [5.74, 6) is 2.66. The van der Waals surface area contributed by atoms with E-state index < -0.39 is 117 Å². The molecule has 0 aromatic rings. The molecule has 1 amide bonds. The molecule has 7 fully saturated rings. The summed E-state index contributed by atoms with van der Waals surface area (Å²) in [6, 6.07) is -0.945.